The van der Waals surface area contributed by atoms with Crippen LogP contribution in [0.1, 0.15) is 0 Å². The van der Waals surface area contributed by atoms with E-state index in [1.54, 1.807) is 36.4 Å². The van der Waals surface area contributed by atoms with Gasteiger partial charge in [-0.25, -0.2) is 0 Å². The predicted molar refractivity (Wildman–Crippen MR) is 167 cm³/mol. The zero-order valence-corrected chi connectivity index (χ0v) is 25.0. The SMILES string of the molecule is Nc1c(N=Nc2ccccc2Cl)c(S(=O)(=O)O)cc2cc(S(=O)(=O)O)c(N=Nc3ccc(N=Nc4ccccc4)cc3)c(O)c12. The molecule has 0 atom stereocenters. The highest BCUT2D eigenvalue weighted by Gasteiger charge is 2.28. The van der Waals surface area contributed by atoms with Gasteiger partial charge in [-0.2, -0.15) is 32.2 Å². The normalized spacial score (nSPS) is 12.6. The second kappa shape index (κ2) is 12.5. The minimum Gasteiger partial charge on any atom is -0.505 e. The van der Waals surface area contributed by atoms with E-state index in [0.29, 0.717) is 11.4 Å². The summed E-state index contributed by atoms with van der Waals surface area (Å²) in [7, 11) is -10.1. The van der Waals surface area contributed by atoms with Gasteiger partial charge in [-0.05, 0) is 66.0 Å². The number of hydrogen-bond acceptors (Lipinski definition) is 12. The second-order valence-electron chi connectivity index (χ2n) is 9.16. The maximum Gasteiger partial charge on any atom is 0.296 e. The molecule has 0 radical (unpaired) electrons. The van der Waals surface area contributed by atoms with Crippen molar-refractivity contribution >= 4 is 82.4 Å². The number of hydrogen-bond donors (Lipinski definition) is 4. The number of aromatic hydroxyl groups is 1. The highest BCUT2D eigenvalue weighted by molar-refractivity contribution is 7.86. The van der Waals surface area contributed by atoms with E-state index in [0.717, 1.165) is 12.1 Å². The standard InChI is InChI=1S/C28H20ClN7O7S2/c29-20-8-4-5-9-21(20)34-35-26-22(44(38,39)40)14-16-15-23(45(41,42)43)27(28(37)24(16)25(26)30)36-33-19-12-10-18(11-13-19)32-31-17-6-2-1-3-7-17/h1-15,37H,30H2,(H,38,39,40)(H,41,42,43). The lowest BCUT2D eigenvalue weighted by Gasteiger charge is -2.14. The highest BCUT2D eigenvalue weighted by Crippen LogP contribution is 2.48. The van der Waals surface area contributed by atoms with E-state index in [9.17, 15) is 31.0 Å². The maximum absolute atomic E-state index is 12.3. The van der Waals surface area contributed by atoms with E-state index in [-0.39, 0.29) is 27.2 Å². The van der Waals surface area contributed by atoms with Crippen molar-refractivity contribution in [2.75, 3.05) is 5.73 Å². The highest BCUT2D eigenvalue weighted by atomic mass is 35.5. The van der Waals surface area contributed by atoms with Crippen molar-refractivity contribution in [2.24, 2.45) is 30.7 Å². The van der Waals surface area contributed by atoms with E-state index in [4.69, 9.17) is 17.3 Å². The minimum absolute atomic E-state index is 0.132. The number of phenols is 1. The molecule has 5 aromatic carbocycles. The Hall–Kier alpha value is -5.13. The summed E-state index contributed by atoms with van der Waals surface area (Å²) in [6.07, 6.45) is 0. The molecule has 0 aliphatic rings. The average Bonchev–Trinajstić information content (AvgIpc) is 2.99. The molecule has 0 saturated carbocycles. The van der Waals surface area contributed by atoms with Crippen LogP contribution >= 0.6 is 11.6 Å². The molecule has 5 N–H and O–H groups in total. The lowest BCUT2D eigenvalue weighted by atomic mass is 10.1. The smallest absolute Gasteiger partial charge is 0.296 e. The van der Waals surface area contributed by atoms with Crippen molar-refractivity contribution in [3.05, 3.63) is 96.0 Å². The van der Waals surface area contributed by atoms with Gasteiger partial charge in [-0.3, -0.25) is 9.11 Å². The van der Waals surface area contributed by atoms with E-state index < -0.39 is 52.8 Å². The molecule has 228 valence electrons. The summed E-state index contributed by atoms with van der Waals surface area (Å²) in [5.41, 5.74) is 5.87. The summed E-state index contributed by atoms with van der Waals surface area (Å²) >= 11 is 6.09. The Bertz CT molecular complexity index is 2250. The Kier molecular flexibility index (Phi) is 8.67. The van der Waals surface area contributed by atoms with Gasteiger partial charge in [0.05, 0.1) is 33.2 Å². The minimum atomic E-state index is -5.07. The first-order valence-electron chi connectivity index (χ1n) is 12.5. The van der Waals surface area contributed by atoms with Gasteiger partial charge >= 0.3 is 0 Å². The molecule has 0 saturated heterocycles. The summed E-state index contributed by atoms with van der Waals surface area (Å²) in [5.74, 6) is -0.884. The van der Waals surface area contributed by atoms with Crippen LogP contribution in [0.15, 0.2) is 131 Å². The molecule has 5 rings (SSSR count). The maximum atomic E-state index is 12.3. The Morgan fingerprint density at radius 3 is 1.62 bits per heavy atom. The molecule has 0 amide bonds. The Morgan fingerprint density at radius 2 is 1.07 bits per heavy atom. The Balaban J connectivity index is 1.62. The second-order valence-corrected chi connectivity index (χ2v) is 12.3. The van der Waals surface area contributed by atoms with Gasteiger partial charge in [0, 0.05) is 0 Å². The molecule has 0 aliphatic carbocycles. The van der Waals surface area contributed by atoms with E-state index in [2.05, 4.69) is 30.7 Å². The van der Waals surface area contributed by atoms with Crippen molar-refractivity contribution in [1.29, 1.82) is 0 Å². The Labute approximate surface area is 260 Å². The fourth-order valence-electron chi connectivity index (χ4n) is 4.04. The number of halogens is 1. The first-order valence-corrected chi connectivity index (χ1v) is 15.8. The summed E-state index contributed by atoms with van der Waals surface area (Å²) in [5, 5.41) is 34.5. The Morgan fingerprint density at radius 1 is 0.600 bits per heavy atom. The number of rotatable bonds is 8. The largest absolute Gasteiger partial charge is 0.505 e. The van der Waals surface area contributed by atoms with Crippen LogP contribution in [0.4, 0.5) is 39.8 Å². The van der Waals surface area contributed by atoms with Crippen molar-refractivity contribution in [1.82, 2.24) is 0 Å². The van der Waals surface area contributed by atoms with Gasteiger partial charge < -0.3 is 10.8 Å². The molecule has 0 bridgehead atoms. The van der Waals surface area contributed by atoms with Crippen LogP contribution in [0.25, 0.3) is 10.8 Å². The lowest BCUT2D eigenvalue weighted by molar-refractivity contribution is 0.472. The van der Waals surface area contributed by atoms with Crippen molar-refractivity contribution in [3.63, 3.8) is 0 Å². The zero-order chi connectivity index (χ0) is 32.4. The van der Waals surface area contributed by atoms with Gasteiger partial charge in [-0.1, -0.05) is 41.9 Å². The van der Waals surface area contributed by atoms with E-state index >= 15 is 0 Å². The van der Waals surface area contributed by atoms with Gasteiger partial charge in [0.15, 0.2) is 5.75 Å². The molecule has 17 heteroatoms. The van der Waals surface area contributed by atoms with Gasteiger partial charge in [-0.15, -0.1) is 15.3 Å². The molecule has 45 heavy (non-hydrogen) atoms. The molecule has 0 aliphatic heterocycles. The number of nitrogens with two attached hydrogens (primary N) is 1. The van der Waals surface area contributed by atoms with Crippen LogP contribution < -0.4 is 5.73 Å². The third-order valence-electron chi connectivity index (χ3n) is 6.13. The van der Waals surface area contributed by atoms with Crippen LogP contribution in [0, 0.1) is 0 Å². The third kappa shape index (κ3) is 7.00. The zero-order valence-electron chi connectivity index (χ0n) is 22.6. The van der Waals surface area contributed by atoms with Crippen LogP contribution in [0.3, 0.4) is 0 Å². The predicted octanol–water partition coefficient (Wildman–Crippen LogP) is 8.52. The number of benzene rings is 5. The average molecular weight is 666 g/mol. The number of azo groups is 3. The summed E-state index contributed by atoms with van der Waals surface area (Å²) in [4.78, 5) is -1.78. The summed E-state index contributed by atoms with van der Waals surface area (Å²) in [6.45, 7) is 0. The monoisotopic (exact) mass is 665 g/mol. The van der Waals surface area contributed by atoms with Crippen molar-refractivity contribution in [2.45, 2.75) is 9.79 Å². The fraction of sp³-hybridized carbons (Fsp3) is 0. The number of nitrogen functional groups attached to an aromatic ring is 1. The number of nitrogens with zero attached hydrogens (tertiary/aromatic N) is 6. The molecular formula is C28H20ClN7O7S2. The van der Waals surface area contributed by atoms with Gasteiger partial charge in [0.1, 0.15) is 26.9 Å². The molecule has 0 heterocycles. The summed E-state index contributed by atoms with van der Waals surface area (Å²) < 4.78 is 68.9. The summed E-state index contributed by atoms with van der Waals surface area (Å²) in [6, 6.07) is 23.0. The van der Waals surface area contributed by atoms with Gasteiger partial charge in [0.25, 0.3) is 20.2 Å². The van der Waals surface area contributed by atoms with Crippen LogP contribution in [0.2, 0.25) is 5.02 Å². The molecule has 0 aromatic heterocycles. The lowest BCUT2D eigenvalue weighted by Crippen LogP contribution is -2.03. The van der Waals surface area contributed by atoms with Crippen molar-refractivity contribution < 1.29 is 31.0 Å². The molecular weight excluding hydrogens is 646 g/mol. The molecule has 0 spiro atoms. The first kappa shape index (κ1) is 31.3. The fourth-order valence-corrected chi connectivity index (χ4v) is 5.55. The van der Waals surface area contributed by atoms with Gasteiger partial charge in [0.2, 0.25) is 0 Å². The van der Waals surface area contributed by atoms with Crippen LogP contribution in [0.5, 0.6) is 5.75 Å². The van der Waals surface area contributed by atoms with Crippen molar-refractivity contribution in [3.8, 4) is 5.75 Å². The third-order valence-corrected chi connectivity index (χ3v) is 8.19. The molecule has 0 fully saturated rings. The first-order chi connectivity index (χ1) is 21.3. The number of phenolic OH excluding ortho intramolecular Hbond substituents is 1. The quantitative estimate of drug-likeness (QED) is 0.0710. The number of anilines is 1. The van der Waals surface area contributed by atoms with Crippen LogP contribution in [-0.4, -0.2) is 31.0 Å². The molecule has 14 nitrogen and oxygen atoms in total. The van der Waals surface area contributed by atoms with E-state index in [1.165, 1.54) is 24.3 Å². The molecule has 5 aromatic rings. The molecule has 0 unspecified atom stereocenters. The number of fused-ring (bicyclic) bond motifs is 1. The topological polar surface area (TPSA) is 229 Å². The van der Waals surface area contributed by atoms with E-state index in [1.807, 2.05) is 18.2 Å². The van der Waals surface area contributed by atoms with Crippen LogP contribution in [-0.2, 0) is 20.2 Å².